The van der Waals surface area contributed by atoms with Crippen LogP contribution in [0.5, 0.6) is 0 Å². The van der Waals surface area contributed by atoms with E-state index in [0.717, 1.165) is 30.9 Å². The molecule has 1 aromatic heterocycles. The molecule has 0 saturated heterocycles. The molecule has 3 rings (SSSR count). The Morgan fingerprint density at radius 1 is 0.870 bits per heavy atom. The number of hydrogen-bond donors (Lipinski definition) is 0. The largest absolute Gasteiger partial charge is 0.357 e. The van der Waals surface area contributed by atoms with Gasteiger partial charge in [0.2, 0.25) is 0 Å². The predicted octanol–water partition coefficient (Wildman–Crippen LogP) is 4.44. The van der Waals surface area contributed by atoms with Gasteiger partial charge in [0.15, 0.2) is 0 Å². The lowest BCUT2D eigenvalue weighted by Crippen LogP contribution is -2.25. The summed E-state index contributed by atoms with van der Waals surface area (Å²) in [5.74, 6) is 1.18. The summed E-state index contributed by atoms with van der Waals surface area (Å²) in [4.78, 5) is 2.35. The number of hydrogen-bond acceptors (Lipinski definition) is 2. The fourth-order valence-electron chi connectivity index (χ4n) is 2.83. The van der Waals surface area contributed by atoms with Crippen molar-refractivity contribution in [3.63, 3.8) is 0 Å². The highest BCUT2D eigenvalue weighted by molar-refractivity contribution is 5.63. The minimum absolute atomic E-state index is 0.791. The van der Waals surface area contributed by atoms with Gasteiger partial charge in [0.1, 0.15) is 5.82 Å². The van der Waals surface area contributed by atoms with Gasteiger partial charge in [-0.1, -0.05) is 60.7 Å². The van der Waals surface area contributed by atoms with Crippen LogP contribution in [0.2, 0.25) is 0 Å². The van der Waals surface area contributed by atoms with Crippen LogP contribution < -0.4 is 4.90 Å². The summed E-state index contributed by atoms with van der Waals surface area (Å²) >= 11 is 0. The van der Waals surface area contributed by atoms with Gasteiger partial charge in [-0.2, -0.15) is 5.10 Å². The highest BCUT2D eigenvalue weighted by Crippen LogP contribution is 2.25. The van der Waals surface area contributed by atoms with Crippen LogP contribution in [-0.4, -0.2) is 22.9 Å². The molecule has 3 heteroatoms. The van der Waals surface area contributed by atoms with E-state index in [9.17, 15) is 0 Å². The molecule has 0 amide bonds. The summed E-state index contributed by atoms with van der Waals surface area (Å²) in [7, 11) is 0. The molecule has 0 fully saturated rings. The van der Waals surface area contributed by atoms with E-state index in [2.05, 4.69) is 78.0 Å². The lowest BCUT2D eigenvalue weighted by Gasteiger charge is -2.21. The summed E-state index contributed by atoms with van der Waals surface area (Å²) < 4.78 is 2.12. The zero-order valence-corrected chi connectivity index (χ0v) is 13.8. The monoisotopic (exact) mass is 305 g/mol. The summed E-state index contributed by atoms with van der Waals surface area (Å²) in [6.45, 7) is 7.12. The smallest absolute Gasteiger partial charge is 0.127 e. The third-order valence-corrected chi connectivity index (χ3v) is 4.09. The fraction of sp³-hybridized carbons (Fsp3) is 0.250. The number of benzene rings is 2. The molecular formula is C20H23N3. The van der Waals surface area contributed by atoms with Gasteiger partial charge in [0, 0.05) is 24.7 Å². The highest BCUT2D eigenvalue weighted by atomic mass is 15.4. The van der Waals surface area contributed by atoms with Gasteiger partial charge in [-0.25, -0.2) is 4.68 Å². The van der Waals surface area contributed by atoms with Crippen LogP contribution in [0.3, 0.4) is 0 Å². The van der Waals surface area contributed by atoms with Crippen LogP contribution in [0, 0.1) is 0 Å². The molecule has 0 aliphatic heterocycles. The second-order valence-corrected chi connectivity index (χ2v) is 5.57. The van der Waals surface area contributed by atoms with Crippen molar-refractivity contribution < 1.29 is 0 Å². The lowest BCUT2D eigenvalue weighted by atomic mass is 10.1. The molecule has 0 saturated carbocycles. The van der Waals surface area contributed by atoms with Crippen molar-refractivity contribution >= 4 is 5.82 Å². The van der Waals surface area contributed by atoms with Crippen LogP contribution in [0.1, 0.15) is 19.4 Å². The maximum atomic E-state index is 4.87. The van der Waals surface area contributed by atoms with Gasteiger partial charge >= 0.3 is 0 Å². The SMILES string of the molecule is CCN(CC)c1cc(-c2ccccc2)nn1Cc1ccccc1. The van der Waals surface area contributed by atoms with E-state index < -0.39 is 0 Å². The van der Waals surface area contributed by atoms with E-state index in [4.69, 9.17) is 5.10 Å². The van der Waals surface area contributed by atoms with Gasteiger partial charge in [0.25, 0.3) is 0 Å². The third kappa shape index (κ3) is 3.45. The molecule has 0 unspecified atom stereocenters. The Balaban J connectivity index is 2.00. The molecule has 0 bridgehead atoms. The first-order chi connectivity index (χ1) is 11.3. The van der Waals surface area contributed by atoms with Crippen molar-refractivity contribution in [2.45, 2.75) is 20.4 Å². The molecule has 0 spiro atoms. The standard InChI is InChI=1S/C20H23N3/c1-3-22(4-2)20-15-19(18-13-9-6-10-14-18)21-23(20)16-17-11-7-5-8-12-17/h5-15H,3-4,16H2,1-2H3. The normalized spacial score (nSPS) is 10.7. The Hall–Kier alpha value is -2.55. The molecule has 0 radical (unpaired) electrons. The Bertz CT molecular complexity index is 728. The quantitative estimate of drug-likeness (QED) is 0.671. The van der Waals surface area contributed by atoms with Crippen molar-refractivity contribution in [1.29, 1.82) is 0 Å². The third-order valence-electron chi connectivity index (χ3n) is 4.09. The maximum absolute atomic E-state index is 4.87. The van der Waals surface area contributed by atoms with Crippen molar-refractivity contribution in [2.75, 3.05) is 18.0 Å². The average molecular weight is 305 g/mol. The molecule has 2 aromatic carbocycles. The summed E-state index contributed by atoms with van der Waals surface area (Å²) in [6, 6.07) is 23.1. The molecule has 0 aliphatic carbocycles. The first-order valence-electron chi connectivity index (χ1n) is 8.24. The van der Waals surface area contributed by atoms with Crippen molar-refractivity contribution in [1.82, 2.24) is 9.78 Å². The van der Waals surface area contributed by atoms with Crippen LogP contribution in [0.4, 0.5) is 5.82 Å². The summed E-state index contributed by atoms with van der Waals surface area (Å²) in [5.41, 5.74) is 3.46. The zero-order valence-electron chi connectivity index (χ0n) is 13.8. The summed E-state index contributed by atoms with van der Waals surface area (Å²) in [5, 5.41) is 4.87. The van der Waals surface area contributed by atoms with E-state index in [-0.39, 0.29) is 0 Å². The summed E-state index contributed by atoms with van der Waals surface area (Å²) in [6.07, 6.45) is 0. The minimum atomic E-state index is 0.791. The fourth-order valence-corrected chi connectivity index (χ4v) is 2.83. The number of rotatable bonds is 6. The predicted molar refractivity (Wildman–Crippen MR) is 96.8 cm³/mol. The average Bonchev–Trinajstić information content (AvgIpc) is 3.02. The van der Waals surface area contributed by atoms with E-state index in [1.165, 1.54) is 11.4 Å². The number of aromatic nitrogens is 2. The number of nitrogens with zero attached hydrogens (tertiary/aromatic N) is 3. The first-order valence-corrected chi connectivity index (χ1v) is 8.24. The second-order valence-electron chi connectivity index (χ2n) is 5.57. The van der Waals surface area contributed by atoms with Gasteiger partial charge in [0.05, 0.1) is 12.2 Å². The topological polar surface area (TPSA) is 21.1 Å². The number of anilines is 1. The Morgan fingerprint density at radius 2 is 1.48 bits per heavy atom. The van der Waals surface area contributed by atoms with Crippen LogP contribution in [0.15, 0.2) is 66.7 Å². The van der Waals surface area contributed by atoms with Crippen LogP contribution in [-0.2, 0) is 6.54 Å². The van der Waals surface area contributed by atoms with E-state index >= 15 is 0 Å². The van der Waals surface area contributed by atoms with Gasteiger partial charge in [-0.15, -0.1) is 0 Å². The molecule has 23 heavy (non-hydrogen) atoms. The maximum Gasteiger partial charge on any atom is 0.127 e. The van der Waals surface area contributed by atoms with E-state index in [1.54, 1.807) is 0 Å². The van der Waals surface area contributed by atoms with Crippen LogP contribution >= 0.6 is 0 Å². The van der Waals surface area contributed by atoms with Crippen molar-refractivity contribution in [3.05, 3.63) is 72.3 Å². The first kappa shape index (κ1) is 15.3. The van der Waals surface area contributed by atoms with Crippen LogP contribution in [0.25, 0.3) is 11.3 Å². The molecule has 1 heterocycles. The minimum Gasteiger partial charge on any atom is -0.357 e. The van der Waals surface area contributed by atoms with Gasteiger partial charge in [-0.3, -0.25) is 0 Å². The van der Waals surface area contributed by atoms with Crippen molar-refractivity contribution in [2.24, 2.45) is 0 Å². The molecule has 3 aromatic rings. The molecule has 3 nitrogen and oxygen atoms in total. The second kappa shape index (κ2) is 7.14. The molecule has 0 atom stereocenters. The van der Waals surface area contributed by atoms with E-state index in [1.807, 2.05) is 12.1 Å². The van der Waals surface area contributed by atoms with Crippen molar-refractivity contribution in [3.8, 4) is 11.3 Å². The Kier molecular flexibility index (Phi) is 4.77. The molecular weight excluding hydrogens is 282 g/mol. The molecule has 0 aliphatic rings. The Morgan fingerprint density at radius 3 is 2.09 bits per heavy atom. The van der Waals surface area contributed by atoms with Gasteiger partial charge in [-0.05, 0) is 19.4 Å². The van der Waals surface area contributed by atoms with Gasteiger partial charge < -0.3 is 4.90 Å². The lowest BCUT2D eigenvalue weighted by molar-refractivity contribution is 0.664. The van der Waals surface area contributed by atoms with E-state index in [0.29, 0.717) is 0 Å². The molecule has 0 N–H and O–H groups in total. The zero-order chi connectivity index (χ0) is 16.1. The highest BCUT2D eigenvalue weighted by Gasteiger charge is 2.14. The Labute approximate surface area is 138 Å². The molecule has 118 valence electrons.